The van der Waals surface area contributed by atoms with Crippen molar-refractivity contribution < 1.29 is 13.5 Å². The van der Waals surface area contributed by atoms with E-state index in [0.29, 0.717) is 19.3 Å². The van der Waals surface area contributed by atoms with Crippen molar-refractivity contribution >= 4 is 21.2 Å². The fraction of sp³-hybridized carbons (Fsp3) is 0.750. The van der Waals surface area contributed by atoms with Gasteiger partial charge in [0, 0.05) is 11.3 Å². The predicted molar refractivity (Wildman–Crippen MR) is 72.7 cm³/mol. The van der Waals surface area contributed by atoms with Crippen LogP contribution in [0.5, 0.6) is 0 Å². The van der Waals surface area contributed by atoms with Crippen LogP contribution in [0.2, 0.25) is 0 Å². The second-order valence-electron chi connectivity index (χ2n) is 5.11. The van der Waals surface area contributed by atoms with Crippen LogP contribution >= 0.6 is 11.3 Å². The Balaban J connectivity index is 1.87. The number of aliphatic hydroxyl groups excluding tert-OH is 1. The molecule has 0 radical (unpaired) electrons. The number of aliphatic hydroxyl groups is 1. The summed E-state index contributed by atoms with van der Waals surface area (Å²) in [6, 6.07) is 0. The first kappa shape index (κ1) is 14.0. The highest BCUT2D eigenvalue weighted by molar-refractivity contribution is 7.91. The molecule has 1 N–H and O–H groups in total. The van der Waals surface area contributed by atoms with Gasteiger partial charge in [-0.1, -0.05) is 0 Å². The average molecular weight is 289 g/mol. The summed E-state index contributed by atoms with van der Waals surface area (Å²) < 4.78 is 22.7. The lowest BCUT2D eigenvalue weighted by Crippen LogP contribution is -2.17. The van der Waals surface area contributed by atoms with Gasteiger partial charge in [0.15, 0.2) is 9.84 Å². The molecule has 1 aliphatic rings. The fourth-order valence-electron chi connectivity index (χ4n) is 2.35. The second-order valence-corrected chi connectivity index (χ2v) is 8.63. The van der Waals surface area contributed by atoms with Gasteiger partial charge in [-0.25, -0.2) is 13.4 Å². The van der Waals surface area contributed by atoms with Crippen LogP contribution in [0.15, 0.2) is 0 Å². The summed E-state index contributed by atoms with van der Waals surface area (Å²) in [4.78, 5) is 5.57. The number of nitrogens with zero attached hydrogens (tertiary/aromatic N) is 1. The van der Waals surface area contributed by atoms with Crippen molar-refractivity contribution in [1.82, 2.24) is 4.98 Å². The van der Waals surface area contributed by atoms with E-state index < -0.39 is 15.9 Å². The third kappa shape index (κ3) is 3.52. The number of aromatic nitrogens is 1. The number of hydrogen-bond donors (Lipinski definition) is 1. The monoisotopic (exact) mass is 289 g/mol. The van der Waals surface area contributed by atoms with Crippen LogP contribution in [0.25, 0.3) is 0 Å². The standard InChI is InChI=1S/C12H19NO3S2/c1-8-9(2)17-12(13-8)6-11(14)5-10-3-4-18(15,16)7-10/h10-11,14H,3-7H2,1-2H3. The Morgan fingerprint density at radius 1 is 1.50 bits per heavy atom. The van der Waals surface area contributed by atoms with Crippen LogP contribution in [0, 0.1) is 19.8 Å². The van der Waals surface area contributed by atoms with Gasteiger partial charge in [0.25, 0.3) is 0 Å². The molecule has 18 heavy (non-hydrogen) atoms. The Kier molecular flexibility index (Phi) is 4.08. The van der Waals surface area contributed by atoms with Crippen molar-refractivity contribution in [2.24, 2.45) is 5.92 Å². The molecule has 1 aliphatic heterocycles. The Bertz CT molecular complexity index is 502. The number of sulfone groups is 1. The van der Waals surface area contributed by atoms with Crippen molar-refractivity contribution in [3.63, 3.8) is 0 Å². The van der Waals surface area contributed by atoms with Gasteiger partial charge in [0.05, 0.1) is 28.3 Å². The fourth-order valence-corrected chi connectivity index (χ4v) is 5.24. The molecule has 0 saturated carbocycles. The minimum Gasteiger partial charge on any atom is -0.393 e. The lowest BCUT2D eigenvalue weighted by molar-refractivity contribution is 0.147. The molecule has 6 heteroatoms. The Labute approximate surface area is 112 Å². The van der Waals surface area contributed by atoms with Crippen molar-refractivity contribution in [1.29, 1.82) is 0 Å². The van der Waals surface area contributed by atoms with E-state index in [1.54, 1.807) is 11.3 Å². The lowest BCUT2D eigenvalue weighted by Gasteiger charge is -2.12. The van der Waals surface area contributed by atoms with Crippen LogP contribution < -0.4 is 0 Å². The summed E-state index contributed by atoms with van der Waals surface area (Å²) in [7, 11) is -2.84. The molecule has 0 aromatic carbocycles. The minimum absolute atomic E-state index is 0.118. The molecule has 0 aliphatic carbocycles. The van der Waals surface area contributed by atoms with E-state index in [0.717, 1.165) is 10.7 Å². The van der Waals surface area contributed by atoms with E-state index in [2.05, 4.69) is 4.98 Å². The molecule has 0 bridgehead atoms. The molecule has 0 amide bonds. The second kappa shape index (κ2) is 5.27. The number of hydrogen-bond acceptors (Lipinski definition) is 5. The first-order valence-corrected chi connectivity index (χ1v) is 8.81. The van der Waals surface area contributed by atoms with E-state index in [-0.39, 0.29) is 17.4 Å². The van der Waals surface area contributed by atoms with E-state index >= 15 is 0 Å². The summed E-state index contributed by atoms with van der Waals surface area (Å²) in [6.07, 6.45) is 1.32. The molecule has 2 atom stereocenters. The van der Waals surface area contributed by atoms with Gasteiger partial charge in [-0.2, -0.15) is 0 Å². The van der Waals surface area contributed by atoms with E-state index in [1.165, 1.54) is 4.88 Å². The Hall–Kier alpha value is -0.460. The molecule has 2 heterocycles. The maximum Gasteiger partial charge on any atom is 0.150 e. The summed E-state index contributed by atoms with van der Waals surface area (Å²) >= 11 is 1.61. The van der Waals surface area contributed by atoms with Crippen molar-refractivity contribution in [2.45, 2.75) is 39.2 Å². The Morgan fingerprint density at radius 2 is 2.22 bits per heavy atom. The molecular weight excluding hydrogens is 270 g/mol. The van der Waals surface area contributed by atoms with Gasteiger partial charge in [0.1, 0.15) is 0 Å². The highest BCUT2D eigenvalue weighted by atomic mass is 32.2. The quantitative estimate of drug-likeness (QED) is 0.912. The van der Waals surface area contributed by atoms with Gasteiger partial charge in [-0.15, -0.1) is 11.3 Å². The van der Waals surface area contributed by atoms with Gasteiger partial charge in [-0.05, 0) is 32.6 Å². The highest BCUT2D eigenvalue weighted by Gasteiger charge is 2.29. The third-order valence-electron chi connectivity index (χ3n) is 3.42. The van der Waals surface area contributed by atoms with Crippen LogP contribution in [0.4, 0.5) is 0 Å². The van der Waals surface area contributed by atoms with E-state index in [4.69, 9.17) is 0 Å². The topological polar surface area (TPSA) is 67.3 Å². The largest absolute Gasteiger partial charge is 0.393 e. The molecule has 1 fully saturated rings. The first-order valence-electron chi connectivity index (χ1n) is 6.17. The summed E-state index contributed by atoms with van der Waals surface area (Å²) in [5.41, 5.74) is 1.02. The van der Waals surface area contributed by atoms with Gasteiger partial charge in [-0.3, -0.25) is 0 Å². The summed E-state index contributed by atoms with van der Waals surface area (Å²) in [5, 5.41) is 10.9. The summed E-state index contributed by atoms with van der Waals surface area (Å²) in [5.74, 6) is 0.631. The van der Waals surface area contributed by atoms with E-state index in [1.807, 2.05) is 13.8 Å². The lowest BCUT2D eigenvalue weighted by atomic mass is 9.99. The zero-order valence-electron chi connectivity index (χ0n) is 10.7. The van der Waals surface area contributed by atoms with Gasteiger partial charge >= 0.3 is 0 Å². The molecule has 1 saturated heterocycles. The first-order chi connectivity index (χ1) is 8.35. The smallest absolute Gasteiger partial charge is 0.150 e. The van der Waals surface area contributed by atoms with Crippen molar-refractivity contribution in [2.75, 3.05) is 11.5 Å². The molecule has 102 valence electrons. The summed E-state index contributed by atoms with van der Waals surface area (Å²) in [6.45, 7) is 3.98. The molecule has 0 spiro atoms. The Morgan fingerprint density at radius 3 is 2.72 bits per heavy atom. The number of aryl methyl sites for hydroxylation is 2. The number of rotatable bonds is 4. The number of thiazole rings is 1. The maximum absolute atomic E-state index is 11.3. The maximum atomic E-state index is 11.3. The van der Waals surface area contributed by atoms with Gasteiger partial charge in [0.2, 0.25) is 0 Å². The van der Waals surface area contributed by atoms with Crippen LogP contribution in [0.1, 0.15) is 28.4 Å². The molecular formula is C12H19NO3S2. The molecule has 2 unspecified atom stereocenters. The van der Waals surface area contributed by atoms with Gasteiger partial charge < -0.3 is 5.11 Å². The minimum atomic E-state index is -2.84. The zero-order valence-corrected chi connectivity index (χ0v) is 12.4. The van der Waals surface area contributed by atoms with Crippen LogP contribution in [-0.4, -0.2) is 36.1 Å². The SMILES string of the molecule is Cc1nc(CC(O)CC2CCS(=O)(=O)C2)sc1C. The zero-order chi connectivity index (χ0) is 13.3. The van der Waals surface area contributed by atoms with Crippen LogP contribution in [-0.2, 0) is 16.3 Å². The predicted octanol–water partition coefficient (Wildman–Crippen LogP) is 1.49. The molecule has 4 nitrogen and oxygen atoms in total. The average Bonchev–Trinajstić information content (AvgIpc) is 2.71. The molecule has 1 aromatic rings. The molecule has 2 rings (SSSR count). The molecule has 1 aromatic heterocycles. The van der Waals surface area contributed by atoms with Crippen molar-refractivity contribution in [3.8, 4) is 0 Å². The highest BCUT2D eigenvalue weighted by Crippen LogP contribution is 2.25. The normalized spacial score (nSPS) is 24.3. The van der Waals surface area contributed by atoms with Crippen molar-refractivity contribution in [3.05, 3.63) is 15.6 Å². The van der Waals surface area contributed by atoms with Crippen LogP contribution in [0.3, 0.4) is 0 Å². The third-order valence-corrected chi connectivity index (χ3v) is 6.35. The van der Waals surface area contributed by atoms with E-state index in [9.17, 15) is 13.5 Å².